The van der Waals surface area contributed by atoms with Gasteiger partial charge < -0.3 is 15.2 Å². The second kappa shape index (κ2) is 3.54. The van der Waals surface area contributed by atoms with Crippen LogP contribution in [0.25, 0.3) is 0 Å². The maximum absolute atomic E-state index is 12.3. The van der Waals surface area contributed by atoms with Gasteiger partial charge in [-0.1, -0.05) is 0 Å². The summed E-state index contributed by atoms with van der Waals surface area (Å²) in [5.41, 5.74) is 7.27. The smallest absolute Gasteiger partial charge is 0.270 e. The summed E-state index contributed by atoms with van der Waals surface area (Å²) in [5.74, 6) is 0.154. The van der Waals surface area contributed by atoms with E-state index < -0.39 is 0 Å². The second-order valence-corrected chi connectivity index (χ2v) is 4.80. The van der Waals surface area contributed by atoms with Crippen molar-refractivity contribution < 1.29 is 4.79 Å². The first-order valence-corrected chi connectivity index (χ1v) is 6.02. The number of nitrogens with zero attached hydrogens (tertiary/aromatic N) is 2. The molecule has 2 fully saturated rings. The highest BCUT2D eigenvalue weighted by Crippen LogP contribution is 2.37. The molecule has 0 radical (unpaired) electrons. The maximum Gasteiger partial charge on any atom is 0.270 e. The van der Waals surface area contributed by atoms with Crippen molar-refractivity contribution in [2.45, 2.75) is 31.7 Å². The molecule has 3 rings (SSSR count). The Labute approximate surface area is 95.0 Å². The molecule has 1 aromatic heterocycles. The Bertz CT molecular complexity index is 414. The van der Waals surface area contributed by atoms with Gasteiger partial charge in [0.25, 0.3) is 5.91 Å². The van der Waals surface area contributed by atoms with Crippen molar-refractivity contribution in [3.63, 3.8) is 0 Å². The van der Waals surface area contributed by atoms with E-state index in [1.54, 1.807) is 0 Å². The van der Waals surface area contributed by atoms with E-state index in [0.29, 0.717) is 11.7 Å². The molecular weight excluding hydrogens is 202 g/mol. The van der Waals surface area contributed by atoms with E-state index in [1.807, 2.05) is 17.2 Å². The van der Waals surface area contributed by atoms with Crippen molar-refractivity contribution >= 4 is 11.6 Å². The second-order valence-electron chi connectivity index (χ2n) is 4.80. The minimum Gasteiger partial charge on any atom is -0.397 e. The molecule has 4 heteroatoms. The standard InChI is InChI=1S/C12H17N3O/c13-9-7-11(15(8-9)10-3-4-10)12(16)14-5-1-2-6-14/h7-8,10H,1-6,13H2. The lowest BCUT2D eigenvalue weighted by atomic mass is 10.3. The summed E-state index contributed by atoms with van der Waals surface area (Å²) in [5, 5.41) is 0. The van der Waals surface area contributed by atoms with Crippen LogP contribution in [0.2, 0.25) is 0 Å². The number of nitrogen functional groups attached to an aromatic ring is 1. The molecular formula is C12H17N3O. The van der Waals surface area contributed by atoms with Crippen molar-refractivity contribution in [3.05, 3.63) is 18.0 Å². The average Bonchev–Trinajstić information content (AvgIpc) is 2.83. The van der Waals surface area contributed by atoms with E-state index in [-0.39, 0.29) is 5.91 Å². The molecule has 2 N–H and O–H groups in total. The van der Waals surface area contributed by atoms with Gasteiger partial charge in [0.15, 0.2) is 0 Å². The molecule has 86 valence electrons. The van der Waals surface area contributed by atoms with Crippen molar-refractivity contribution in [2.24, 2.45) is 0 Å². The minimum absolute atomic E-state index is 0.154. The molecule has 1 aromatic rings. The van der Waals surface area contributed by atoms with Gasteiger partial charge in [-0.15, -0.1) is 0 Å². The van der Waals surface area contributed by atoms with Crippen LogP contribution in [-0.4, -0.2) is 28.5 Å². The molecule has 1 saturated heterocycles. The highest BCUT2D eigenvalue weighted by atomic mass is 16.2. The summed E-state index contributed by atoms with van der Waals surface area (Å²) < 4.78 is 2.07. The third kappa shape index (κ3) is 1.58. The van der Waals surface area contributed by atoms with Gasteiger partial charge in [-0.25, -0.2) is 0 Å². The van der Waals surface area contributed by atoms with E-state index in [9.17, 15) is 4.79 Å². The number of likely N-dealkylation sites (tertiary alicyclic amines) is 1. The Morgan fingerprint density at radius 2 is 2.00 bits per heavy atom. The van der Waals surface area contributed by atoms with Crippen molar-refractivity contribution in [2.75, 3.05) is 18.8 Å². The predicted octanol–water partition coefficient (Wildman–Crippen LogP) is 1.64. The predicted molar refractivity (Wildman–Crippen MR) is 62.3 cm³/mol. The van der Waals surface area contributed by atoms with Crippen molar-refractivity contribution in [3.8, 4) is 0 Å². The number of rotatable bonds is 2. The summed E-state index contributed by atoms with van der Waals surface area (Å²) >= 11 is 0. The van der Waals surface area contributed by atoms with Gasteiger partial charge in [-0.05, 0) is 31.7 Å². The van der Waals surface area contributed by atoms with Crippen LogP contribution in [0.4, 0.5) is 5.69 Å². The average molecular weight is 219 g/mol. The van der Waals surface area contributed by atoms with E-state index in [0.717, 1.165) is 31.6 Å². The zero-order chi connectivity index (χ0) is 11.1. The fraction of sp³-hybridized carbons (Fsp3) is 0.583. The normalized spacial score (nSPS) is 20.4. The van der Waals surface area contributed by atoms with Gasteiger partial charge in [0.1, 0.15) is 5.69 Å². The van der Waals surface area contributed by atoms with E-state index in [4.69, 9.17) is 5.73 Å². The van der Waals surface area contributed by atoms with E-state index in [2.05, 4.69) is 4.57 Å². The van der Waals surface area contributed by atoms with Crippen molar-refractivity contribution in [1.29, 1.82) is 0 Å². The van der Waals surface area contributed by atoms with Gasteiger partial charge in [0.05, 0.1) is 5.69 Å². The molecule has 0 bridgehead atoms. The molecule has 4 nitrogen and oxygen atoms in total. The van der Waals surface area contributed by atoms with Crippen LogP contribution in [0.5, 0.6) is 0 Å². The highest BCUT2D eigenvalue weighted by molar-refractivity contribution is 5.94. The van der Waals surface area contributed by atoms with Crippen LogP contribution >= 0.6 is 0 Å². The van der Waals surface area contributed by atoms with Crippen molar-refractivity contribution in [1.82, 2.24) is 9.47 Å². The number of amides is 1. The summed E-state index contributed by atoms with van der Waals surface area (Å²) in [7, 11) is 0. The van der Waals surface area contributed by atoms with Gasteiger partial charge in [0, 0.05) is 25.3 Å². The lowest BCUT2D eigenvalue weighted by Gasteiger charge is -2.16. The molecule has 1 amide bonds. The molecule has 1 aliphatic carbocycles. The number of carbonyl (C=O) groups is 1. The Kier molecular flexibility index (Phi) is 2.16. The maximum atomic E-state index is 12.3. The lowest BCUT2D eigenvalue weighted by Crippen LogP contribution is -2.29. The highest BCUT2D eigenvalue weighted by Gasteiger charge is 2.30. The van der Waals surface area contributed by atoms with Gasteiger partial charge >= 0.3 is 0 Å². The summed E-state index contributed by atoms with van der Waals surface area (Å²) in [6.07, 6.45) is 6.51. The first-order valence-electron chi connectivity index (χ1n) is 6.02. The molecule has 16 heavy (non-hydrogen) atoms. The number of carbonyl (C=O) groups excluding carboxylic acids is 1. The van der Waals surface area contributed by atoms with E-state index in [1.165, 1.54) is 12.8 Å². The third-order valence-corrected chi connectivity index (χ3v) is 3.42. The third-order valence-electron chi connectivity index (χ3n) is 3.42. The first kappa shape index (κ1) is 9.75. The molecule has 1 saturated carbocycles. The minimum atomic E-state index is 0.154. The van der Waals surface area contributed by atoms with Gasteiger partial charge in [0.2, 0.25) is 0 Å². The summed E-state index contributed by atoms with van der Waals surface area (Å²) in [4.78, 5) is 14.2. The molecule has 0 unspecified atom stereocenters. The van der Waals surface area contributed by atoms with Crippen LogP contribution in [0.1, 0.15) is 42.2 Å². The topological polar surface area (TPSA) is 51.3 Å². The Morgan fingerprint density at radius 3 is 2.62 bits per heavy atom. The molecule has 2 aliphatic rings. The van der Waals surface area contributed by atoms with Gasteiger partial charge in [-0.3, -0.25) is 4.79 Å². The van der Waals surface area contributed by atoms with Crippen LogP contribution in [0, 0.1) is 0 Å². The molecule has 2 heterocycles. The zero-order valence-corrected chi connectivity index (χ0v) is 9.35. The molecule has 0 spiro atoms. The zero-order valence-electron chi connectivity index (χ0n) is 9.35. The SMILES string of the molecule is Nc1cc(C(=O)N2CCCC2)n(C2CC2)c1. The Morgan fingerprint density at radius 1 is 1.31 bits per heavy atom. The fourth-order valence-electron chi connectivity index (χ4n) is 2.41. The fourth-order valence-corrected chi connectivity index (χ4v) is 2.41. The monoisotopic (exact) mass is 219 g/mol. The Hall–Kier alpha value is -1.45. The van der Waals surface area contributed by atoms with Crippen LogP contribution in [-0.2, 0) is 0 Å². The summed E-state index contributed by atoms with van der Waals surface area (Å²) in [6, 6.07) is 2.33. The van der Waals surface area contributed by atoms with Crippen LogP contribution in [0.3, 0.4) is 0 Å². The lowest BCUT2D eigenvalue weighted by molar-refractivity contribution is 0.0782. The number of aromatic nitrogens is 1. The molecule has 0 aromatic carbocycles. The molecule has 0 atom stereocenters. The quantitative estimate of drug-likeness (QED) is 0.822. The van der Waals surface area contributed by atoms with Crippen LogP contribution in [0.15, 0.2) is 12.3 Å². The molecule has 1 aliphatic heterocycles. The summed E-state index contributed by atoms with van der Waals surface area (Å²) in [6.45, 7) is 1.79. The van der Waals surface area contributed by atoms with Gasteiger partial charge in [-0.2, -0.15) is 0 Å². The number of hydrogen-bond donors (Lipinski definition) is 1. The first-order chi connectivity index (χ1) is 7.75. The Balaban J connectivity index is 1.89. The number of nitrogens with two attached hydrogens (primary N) is 1. The number of anilines is 1. The van der Waals surface area contributed by atoms with Crippen LogP contribution < -0.4 is 5.73 Å². The van der Waals surface area contributed by atoms with E-state index >= 15 is 0 Å². The number of hydrogen-bond acceptors (Lipinski definition) is 2. The largest absolute Gasteiger partial charge is 0.397 e.